The molecule has 0 aliphatic carbocycles. The van der Waals surface area contributed by atoms with Crippen LogP contribution >= 0.6 is 0 Å². The lowest BCUT2D eigenvalue weighted by Gasteiger charge is -2.20. The van der Waals surface area contributed by atoms with Crippen molar-refractivity contribution < 1.29 is 0 Å². The maximum absolute atomic E-state index is 5.59. The second-order valence-corrected chi connectivity index (χ2v) is 5.88. The van der Waals surface area contributed by atoms with E-state index in [-0.39, 0.29) is 11.5 Å². The minimum Gasteiger partial charge on any atom is -0.369 e. The van der Waals surface area contributed by atoms with Crippen LogP contribution in [0.3, 0.4) is 0 Å². The summed E-state index contributed by atoms with van der Waals surface area (Å²) in [5.41, 5.74) is 5.81. The molecule has 5 nitrogen and oxygen atoms in total. The topological polar surface area (TPSA) is 75.9 Å². The Morgan fingerprint density at radius 1 is 1.28 bits per heavy atom. The maximum Gasteiger partial charge on any atom is 0.132 e. The maximum atomic E-state index is 5.59. The van der Waals surface area contributed by atoms with Crippen molar-refractivity contribution in [1.29, 1.82) is 0 Å². The van der Waals surface area contributed by atoms with Crippen molar-refractivity contribution in [3.8, 4) is 0 Å². The fourth-order valence-corrected chi connectivity index (χ4v) is 1.40. The van der Waals surface area contributed by atoms with Gasteiger partial charge in [-0.25, -0.2) is 9.97 Å². The molecule has 1 rings (SSSR count). The molecule has 0 bridgehead atoms. The van der Waals surface area contributed by atoms with E-state index in [1.807, 2.05) is 19.9 Å². The molecule has 0 saturated heterocycles. The summed E-state index contributed by atoms with van der Waals surface area (Å²) >= 11 is 0. The van der Waals surface area contributed by atoms with Gasteiger partial charge in [-0.3, -0.25) is 0 Å². The van der Waals surface area contributed by atoms with E-state index in [9.17, 15) is 0 Å². The van der Waals surface area contributed by atoms with Crippen LogP contribution in [0.15, 0.2) is 6.07 Å². The second kappa shape index (κ2) is 6.00. The van der Waals surface area contributed by atoms with Gasteiger partial charge in [0.1, 0.15) is 17.5 Å². The van der Waals surface area contributed by atoms with Gasteiger partial charge in [-0.1, -0.05) is 20.8 Å². The molecule has 18 heavy (non-hydrogen) atoms. The van der Waals surface area contributed by atoms with Crippen molar-refractivity contribution in [3.63, 3.8) is 0 Å². The van der Waals surface area contributed by atoms with E-state index >= 15 is 0 Å². The number of nitrogens with two attached hydrogens (primary N) is 1. The van der Waals surface area contributed by atoms with Gasteiger partial charge in [0.05, 0.1) is 0 Å². The third kappa shape index (κ3) is 5.31. The Bertz CT molecular complexity index is 383. The van der Waals surface area contributed by atoms with E-state index in [1.165, 1.54) is 0 Å². The largest absolute Gasteiger partial charge is 0.369 e. The van der Waals surface area contributed by atoms with Crippen LogP contribution in [0.4, 0.5) is 11.6 Å². The van der Waals surface area contributed by atoms with Crippen molar-refractivity contribution in [2.24, 2.45) is 11.1 Å². The summed E-state index contributed by atoms with van der Waals surface area (Å²) in [4.78, 5) is 8.72. The summed E-state index contributed by atoms with van der Waals surface area (Å²) in [5.74, 6) is 2.42. The molecule has 1 aromatic heterocycles. The van der Waals surface area contributed by atoms with Crippen molar-refractivity contribution in [3.05, 3.63) is 11.9 Å². The number of nitrogens with one attached hydrogen (secondary N) is 2. The number of aromatic nitrogens is 2. The van der Waals surface area contributed by atoms with Crippen LogP contribution in [-0.4, -0.2) is 29.1 Å². The highest BCUT2D eigenvalue weighted by Gasteiger charge is 2.11. The summed E-state index contributed by atoms with van der Waals surface area (Å²) in [7, 11) is 0. The molecule has 1 aromatic rings. The molecule has 0 aromatic carbocycles. The van der Waals surface area contributed by atoms with Crippen LogP contribution in [0.1, 0.15) is 33.5 Å². The Balaban J connectivity index is 2.74. The zero-order chi connectivity index (χ0) is 13.8. The van der Waals surface area contributed by atoms with E-state index in [1.54, 1.807) is 0 Å². The lowest BCUT2D eigenvalue weighted by atomic mass is 9.97. The fraction of sp³-hybridized carbons (Fsp3) is 0.692. The van der Waals surface area contributed by atoms with Gasteiger partial charge >= 0.3 is 0 Å². The molecule has 0 aliphatic heterocycles. The van der Waals surface area contributed by atoms with E-state index in [4.69, 9.17) is 5.73 Å². The Morgan fingerprint density at radius 3 is 2.44 bits per heavy atom. The van der Waals surface area contributed by atoms with Gasteiger partial charge in [-0.15, -0.1) is 0 Å². The summed E-state index contributed by atoms with van der Waals surface area (Å²) in [6, 6.07) is 2.13. The first kappa shape index (κ1) is 14.7. The Labute approximate surface area is 110 Å². The number of aryl methyl sites for hydroxylation is 1. The van der Waals surface area contributed by atoms with Crippen LogP contribution < -0.4 is 16.4 Å². The highest BCUT2D eigenvalue weighted by molar-refractivity contribution is 5.48. The molecule has 5 heteroatoms. The van der Waals surface area contributed by atoms with Gasteiger partial charge in [0.2, 0.25) is 0 Å². The van der Waals surface area contributed by atoms with Crippen LogP contribution in [0.25, 0.3) is 0 Å². The Hall–Kier alpha value is -1.36. The SMILES string of the molecule is Cc1nc(NCC(C)(C)C)cc(NC(C)CN)n1. The molecule has 1 atom stereocenters. The fourth-order valence-electron chi connectivity index (χ4n) is 1.40. The van der Waals surface area contributed by atoms with E-state index in [0.717, 1.165) is 24.0 Å². The van der Waals surface area contributed by atoms with Crippen molar-refractivity contribution in [2.45, 2.75) is 40.7 Å². The van der Waals surface area contributed by atoms with Crippen molar-refractivity contribution in [2.75, 3.05) is 23.7 Å². The number of anilines is 2. The third-order valence-corrected chi connectivity index (χ3v) is 2.39. The predicted molar refractivity (Wildman–Crippen MR) is 76.9 cm³/mol. The zero-order valence-electron chi connectivity index (χ0n) is 12.0. The summed E-state index contributed by atoms with van der Waals surface area (Å²) in [5, 5.41) is 6.59. The van der Waals surface area contributed by atoms with Gasteiger partial charge in [-0.05, 0) is 19.3 Å². The van der Waals surface area contributed by atoms with Crippen LogP contribution in [0, 0.1) is 12.3 Å². The standard InChI is InChI=1S/C13H25N5/c1-9(7-14)16-12-6-11(17-10(2)18-12)15-8-13(3,4)5/h6,9H,7-8,14H2,1-5H3,(H2,15,16,17,18). The lowest BCUT2D eigenvalue weighted by molar-refractivity contribution is 0.442. The highest BCUT2D eigenvalue weighted by Crippen LogP contribution is 2.16. The van der Waals surface area contributed by atoms with Crippen LogP contribution in [-0.2, 0) is 0 Å². The molecular formula is C13H25N5. The molecule has 102 valence electrons. The van der Waals surface area contributed by atoms with E-state index in [2.05, 4.69) is 41.4 Å². The first-order chi connectivity index (χ1) is 8.30. The molecule has 0 saturated carbocycles. The molecule has 0 radical (unpaired) electrons. The van der Waals surface area contributed by atoms with Crippen molar-refractivity contribution >= 4 is 11.6 Å². The molecule has 0 aliphatic rings. The number of nitrogens with zero attached hydrogens (tertiary/aromatic N) is 2. The Morgan fingerprint density at radius 2 is 1.89 bits per heavy atom. The van der Waals surface area contributed by atoms with Gasteiger partial charge in [0, 0.05) is 25.2 Å². The molecule has 0 fully saturated rings. The number of hydrogen-bond donors (Lipinski definition) is 3. The molecule has 1 unspecified atom stereocenters. The lowest BCUT2D eigenvalue weighted by Crippen LogP contribution is -2.26. The quantitative estimate of drug-likeness (QED) is 0.746. The normalized spacial score (nSPS) is 13.2. The monoisotopic (exact) mass is 251 g/mol. The van der Waals surface area contributed by atoms with E-state index < -0.39 is 0 Å². The summed E-state index contributed by atoms with van der Waals surface area (Å²) in [6.07, 6.45) is 0. The molecular weight excluding hydrogens is 226 g/mol. The summed E-state index contributed by atoms with van der Waals surface area (Å²) < 4.78 is 0. The van der Waals surface area contributed by atoms with Crippen molar-refractivity contribution in [1.82, 2.24) is 9.97 Å². The highest BCUT2D eigenvalue weighted by atomic mass is 15.1. The smallest absolute Gasteiger partial charge is 0.132 e. The molecule has 0 amide bonds. The molecule has 0 spiro atoms. The van der Waals surface area contributed by atoms with Gasteiger partial charge in [-0.2, -0.15) is 0 Å². The number of rotatable bonds is 5. The minimum atomic E-state index is 0.203. The van der Waals surface area contributed by atoms with Gasteiger partial charge < -0.3 is 16.4 Å². The van der Waals surface area contributed by atoms with E-state index in [0.29, 0.717) is 6.54 Å². The van der Waals surface area contributed by atoms with Crippen LogP contribution in [0.2, 0.25) is 0 Å². The van der Waals surface area contributed by atoms with Crippen LogP contribution in [0.5, 0.6) is 0 Å². The average Bonchev–Trinajstić information content (AvgIpc) is 2.24. The summed E-state index contributed by atoms with van der Waals surface area (Å²) in [6.45, 7) is 11.9. The second-order valence-electron chi connectivity index (χ2n) is 5.88. The zero-order valence-corrected chi connectivity index (χ0v) is 12.0. The first-order valence-electron chi connectivity index (χ1n) is 6.36. The molecule has 4 N–H and O–H groups in total. The average molecular weight is 251 g/mol. The third-order valence-electron chi connectivity index (χ3n) is 2.39. The predicted octanol–water partition coefficient (Wildman–Crippen LogP) is 2.00. The van der Waals surface area contributed by atoms with Gasteiger partial charge in [0.25, 0.3) is 0 Å². The van der Waals surface area contributed by atoms with Gasteiger partial charge in [0.15, 0.2) is 0 Å². The molecule has 1 heterocycles. The first-order valence-corrected chi connectivity index (χ1v) is 6.36. The minimum absolute atomic E-state index is 0.203. The Kier molecular flexibility index (Phi) is 4.90. The number of hydrogen-bond acceptors (Lipinski definition) is 5.